The summed E-state index contributed by atoms with van der Waals surface area (Å²) < 4.78 is 0. The number of nitrogens with zero attached hydrogens (tertiary/aromatic N) is 2. The lowest BCUT2D eigenvalue weighted by atomic mass is 10.0. The normalized spacial score (nSPS) is 15.7. The Morgan fingerprint density at radius 1 is 1.09 bits per heavy atom. The van der Waals surface area contributed by atoms with Gasteiger partial charge < -0.3 is 10.2 Å². The lowest BCUT2D eigenvalue weighted by Crippen LogP contribution is -2.32. The van der Waals surface area contributed by atoms with Crippen molar-refractivity contribution in [3.8, 4) is 0 Å². The number of hydrogen-bond acceptors (Lipinski definition) is 4. The van der Waals surface area contributed by atoms with Crippen molar-refractivity contribution >= 4 is 34.8 Å². The molecule has 1 N–H and O–H groups in total. The van der Waals surface area contributed by atoms with Crippen LogP contribution in [0.5, 0.6) is 0 Å². The van der Waals surface area contributed by atoms with Crippen molar-refractivity contribution in [2.75, 3.05) is 6.54 Å². The van der Waals surface area contributed by atoms with Crippen molar-refractivity contribution in [1.29, 1.82) is 0 Å². The Hall–Kier alpha value is -2.70. The predicted molar refractivity (Wildman–Crippen MR) is 128 cm³/mol. The van der Waals surface area contributed by atoms with Gasteiger partial charge in [0.05, 0.1) is 18.3 Å². The van der Waals surface area contributed by atoms with Crippen LogP contribution in [-0.2, 0) is 22.6 Å². The Bertz CT molecular complexity index is 1070. The van der Waals surface area contributed by atoms with Crippen molar-refractivity contribution in [2.45, 2.75) is 44.7 Å². The van der Waals surface area contributed by atoms with E-state index in [1.807, 2.05) is 52.7 Å². The second-order valence-electron chi connectivity index (χ2n) is 7.93. The van der Waals surface area contributed by atoms with E-state index in [1.54, 1.807) is 0 Å². The van der Waals surface area contributed by atoms with Gasteiger partial charge in [-0.2, -0.15) is 0 Å². The molecule has 1 unspecified atom stereocenters. The Kier molecular flexibility index (Phi) is 7.55. The van der Waals surface area contributed by atoms with Gasteiger partial charge in [0.25, 0.3) is 0 Å². The number of rotatable bonds is 8. The molecule has 0 radical (unpaired) electrons. The van der Waals surface area contributed by atoms with Crippen LogP contribution in [0.25, 0.3) is 0 Å². The minimum absolute atomic E-state index is 0.0442. The van der Waals surface area contributed by atoms with Crippen LogP contribution >= 0.6 is 22.9 Å². The highest BCUT2D eigenvalue weighted by Crippen LogP contribution is 2.32. The highest BCUT2D eigenvalue weighted by Gasteiger charge is 2.29. The maximum absolute atomic E-state index is 12.7. The highest BCUT2D eigenvalue weighted by molar-refractivity contribution is 7.09. The Morgan fingerprint density at radius 2 is 1.88 bits per heavy atom. The summed E-state index contributed by atoms with van der Waals surface area (Å²) in [6, 6.07) is 18.0. The van der Waals surface area contributed by atoms with Crippen molar-refractivity contribution in [3.05, 3.63) is 86.8 Å². The van der Waals surface area contributed by atoms with Gasteiger partial charge in [0, 0.05) is 36.2 Å². The number of amides is 2. The lowest BCUT2D eigenvalue weighted by molar-refractivity contribution is -0.134. The second kappa shape index (κ2) is 10.7. The Labute approximate surface area is 197 Å². The SMILES string of the molecule is O=C(CCC(=O)N1CCCC1c1ccccc1)NCc1nc(Cc2ccccc2Cl)cs1. The van der Waals surface area contributed by atoms with Gasteiger partial charge in [0.1, 0.15) is 5.01 Å². The van der Waals surface area contributed by atoms with Crippen molar-refractivity contribution in [1.82, 2.24) is 15.2 Å². The van der Waals surface area contributed by atoms with Crippen molar-refractivity contribution < 1.29 is 9.59 Å². The molecule has 7 heteroatoms. The highest BCUT2D eigenvalue weighted by atomic mass is 35.5. The van der Waals surface area contributed by atoms with Gasteiger partial charge in [0.2, 0.25) is 11.8 Å². The molecule has 1 atom stereocenters. The first-order valence-corrected chi connectivity index (χ1v) is 12.1. The third kappa shape index (κ3) is 5.75. The molecule has 5 nitrogen and oxygen atoms in total. The molecule has 0 spiro atoms. The van der Waals surface area contributed by atoms with Gasteiger partial charge in [-0.1, -0.05) is 60.1 Å². The van der Waals surface area contributed by atoms with Gasteiger partial charge in [-0.25, -0.2) is 4.98 Å². The summed E-state index contributed by atoms with van der Waals surface area (Å²) in [5.74, 6) is -0.0839. The van der Waals surface area contributed by atoms with Crippen LogP contribution in [0.15, 0.2) is 60.0 Å². The molecule has 0 saturated carbocycles. The van der Waals surface area contributed by atoms with Gasteiger partial charge in [-0.05, 0) is 30.0 Å². The van der Waals surface area contributed by atoms with Crippen molar-refractivity contribution in [3.63, 3.8) is 0 Å². The Morgan fingerprint density at radius 3 is 2.69 bits per heavy atom. The van der Waals surface area contributed by atoms with Crippen LogP contribution in [0.2, 0.25) is 5.02 Å². The van der Waals surface area contributed by atoms with E-state index < -0.39 is 0 Å². The minimum atomic E-state index is -0.128. The average Bonchev–Trinajstić information content (AvgIpc) is 3.48. The fourth-order valence-corrected chi connectivity index (χ4v) is 5.00. The molecule has 2 amide bonds. The zero-order chi connectivity index (χ0) is 22.3. The van der Waals surface area contributed by atoms with E-state index in [9.17, 15) is 9.59 Å². The third-order valence-electron chi connectivity index (χ3n) is 5.69. The molecule has 2 aromatic carbocycles. The summed E-state index contributed by atoms with van der Waals surface area (Å²) in [5.41, 5.74) is 3.13. The molecule has 1 fully saturated rings. The van der Waals surface area contributed by atoms with E-state index in [4.69, 9.17) is 11.6 Å². The molecule has 3 aromatic rings. The largest absolute Gasteiger partial charge is 0.350 e. The molecule has 0 bridgehead atoms. The van der Waals surface area contributed by atoms with Crippen LogP contribution in [0.4, 0.5) is 0 Å². The second-order valence-corrected chi connectivity index (χ2v) is 9.28. The molecule has 166 valence electrons. The molecular weight excluding hydrogens is 442 g/mol. The summed E-state index contributed by atoms with van der Waals surface area (Å²) in [6.07, 6.45) is 3.05. The summed E-state index contributed by atoms with van der Waals surface area (Å²) in [4.78, 5) is 31.6. The molecule has 1 aliphatic rings. The smallest absolute Gasteiger partial charge is 0.223 e. The van der Waals surface area contributed by atoms with E-state index in [1.165, 1.54) is 16.9 Å². The first-order chi connectivity index (χ1) is 15.6. The van der Waals surface area contributed by atoms with Crippen LogP contribution in [0.1, 0.15) is 53.6 Å². The van der Waals surface area contributed by atoms with E-state index >= 15 is 0 Å². The maximum atomic E-state index is 12.7. The average molecular weight is 468 g/mol. The van der Waals surface area contributed by atoms with E-state index in [0.717, 1.165) is 40.7 Å². The molecule has 1 aliphatic heterocycles. The van der Waals surface area contributed by atoms with Crippen LogP contribution in [0, 0.1) is 0 Å². The number of thiazole rings is 1. The fraction of sp³-hybridized carbons (Fsp3) is 0.320. The topological polar surface area (TPSA) is 62.3 Å². The van der Waals surface area contributed by atoms with Gasteiger partial charge in [-0.15, -0.1) is 11.3 Å². The summed E-state index contributed by atoms with van der Waals surface area (Å²) in [5, 5.41) is 6.45. The summed E-state index contributed by atoms with van der Waals surface area (Å²) in [7, 11) is 0. The van der Waals surface area contributed by atoms with Crippen LogP contribution in [-0.4, -0.2) is 28.2 Å². The monoisotopic (exact) mass is 467 g/mol. The molecule has 1 aromatic heterocycles. The van der Waals surface area contributed by atoms with E-state index in [2.05, 4.69) is 22.4 Å². The molecule has 1 saturated heterocycles. The zero-order valence-corrected chi connectivity index (χ0v) is 19.4. The number of likely N-dealkylation sites (tertiary alicyclic amines) is 1. The standard InChI is InChI=1S/C25H26ClN3O2S/c26-21-10-5-4-9-19(21)15-20-17-32-24(28-20)16-27-23(30)12-13-25(31)29-14-6-11-22(29)18-7-2-1-3-8-18/h1-5,7-10,17,22H,6,11-16H2,(H,27,30). The third-order valence-corrected chi connectivity index (χ3v) is 6.96. The number of carbonyl (C=O) groups is 2. The predicted octanol–water partition coefficient (Wildman–Crippen LogP) is 5.15. The van der Waals surface area contributed by atoms with Gasteiger partial charge in [0.15, 0.2) is 0 Å². The number of hydrogen-bond donors (Lipinski definition) is 1. The minimum Gasteiger partial charge on any atom is -0.350 e. The molecule has 2 heterocycles. The first kappa shape index (κ1) is 22.5. The quantitative estimate of drug-likeness (QED) is 0.498. The first-order valence-electron chi connectivity index (χ1n) is 10.9. The molecule has 0 aliphatic carbocycles. The van der Waals surface area contributed by atoms with E-state index in [-0.39, 0.29) is 30.7 Å². The Balaban J connectivity index is 1.23. The summed E-state index contributed by atoms with van der Waals surface area (Å²) in [6.45, 7) is 1.13. The van der Waals surface area contributed by atoms with Gasteiger partial charge in [-0.3, -0.25) is 9.59 Å². The lowest BCUT2D eigenvalue weighted by Gasteiger charge is -2.25. The van der Waals surface area contributed by atoms with Gasteiger partial charge >= 0.3 is 0 Å². The zero-order valence-electron chi connectivity index (χ0n) is 17.8. The maximum Gasteiger partial charge on any atom is 0.223 e. The molecule has 32 heavy (non-hydrogen) atoms. The number of benzene rings is 2. The summed E-state index contributed by atoms with van der Waals surface area (Å²) >= 11 is 7.74. The number of halogens is 1. The number of carbonyl (C=O) groups excluding carboxylic acids is 2. The fourth-order valence-electron chi connectivity index (χ4n) is 4.06. The molecular formula is C25H26ClN3O2S. The van der Waals surface area contributed by atoms with Crippen molar-refractivity contribution in [2.24, 2.45) is 0 Å². The van der Waals surface area contributed by atoms with E-state index in [0.29, 0.717) is 13.0 Å². The number of nitrogens with one attached hydrogen (secondary N) is 1. The van der Waals surface area contributed by atoms with Crippen LogP contribution in [0.3, 0.4) is 0 Å². The molecule has 4 rings (SSSR count). The van der Waals surface area contributed by atoms with Crippen LogP contribution < -0.4 is 5.32 Å². The number of aromatic nitrogens is 1.